The maximum atomic E-state index is 11.8. The van der Waals surface area contributed by atoms with Crippen molar-refractivity contribution in [3.8, 4) is 5.75 Å². The third kappa shape index (κ3) is 2.98. The second-order valence-electron chi connectivity index (χ2n) is 5.25. The van der Waals surface area contributed by atoms with Crippen LogP contribution in [-0.2, 0) is 0 Å². The first-order chi connectivity index (χ1) is 11.5. The Labute approximate surface area is 143 Å². The minimum atomic E-state index is -0.623. The van der Waals surface area contributed by atoms with E-state index in [9.17, 15) is 4.79 Å². The average Bonchev–Trinajstić information content (AvgIpc) is 2.56. The van der Waals surface area contributed by atoms with Gasteiger partial charge < -0.3 is 14.9 Å². The molecule has 1 amide bonds. The Hall–Kier alpha value is -2.79. The first-order valence-corrected chi connectivity index (χ1v) is 7.59. The first kappa shape index (κ1) is 16.1. The van der Waals surface area contributed by atoms with Gasteiger partial charge in [-0.15, -0.1) is 0 Å². The number of aryl methyl sites for hydroxylation is 1. The number of nitrogens with two attached hydrogens (primary N) is 1. The van der Waals surface area contributed by atoms with E-state index in [-0.39, 0.29) is 11.1 Å². The third-order valence-electron chi connectivity index (χ3n) is 3.62. The number of hydrogen-bond acceptors (Lipinski definition) is 4. The summed E-state index contributed by atoms with van der Waals surface area (Å²) >= 11 is 6.03. The van der Waals surface area contributed by atoms with E-state index in [0.29, 0.717) is 27.4 Å². The predicted molar refractivity (Wildman–Crippen MR) is 92.7 cm³/mol. The smallest absolute Gasteiger partial charge is 0.254 e. The molecule has 0 aliphatic heterocycles. The summed E-state index contributed by atoms with van der Waals surface area (Å²) < 4.78 is 11.1. The first-order valence-electron chi connectivity index (χ1n) is 7.21. The Bertz CT molecular complexity index is 1010. The number of nitrogens with zero attached hydrogens (tertiary/aromatic N) is 1. The molecule has 3 rings (SSSR count). The van der Waals surface area contributed by atoms with Gasteiger partial charge in [-0.3, -0.25) is 4.79 Å². The number of amides is 1. The van der Waals surface area contributed by atoms with Gasteiger partial charge in [0.2, 0.25) is 5.55 Å². The van der Waals surface area contributed by atoms with Crippen molar-refractivity contribution in [1.29, 1.82) is 0 Å². The maximum absolute atomic E-state index is 11.8. The number of hydrogen-bond donors (Lipinski definition) is 1. The second kappa shape index (κ2) is 6.37. The van der Waals surface area contributed by atoms with Crippen molar-refractivity contribution in [2.45, 2.75) is 6.92 Å². The number of rotatable bonds is 3. The summed E-state index contributed by atoms with van der Waals surface area (Å²) in [5.74, 6) is -0.0790. The summed E-state index contributed by atoms with van der Waals surface area (Å²) in [6.45, 7) is 1.89. The largest absolute Gasteiger partial charge is 0.493 e. The number of fused-ring (bicyclic) bond motifs is 1. The summed E-state index contributed by atoms with van der Waals surface area (Å²) in [5.41, 5.74) is 7.77. The Balaban J connectivity index is 2.36. The molecule has 0 aliphatic rings. The van der Waals surface area contributed by atoms with Gasteiger partial charge in [0.05, 0.1) is 12.8 Å². The molecule has 3 aromatic rings. The zero-order chi connectivity index (χ0) is 17.3. The molecule has 0 saturated heterocycles. The van der Waals surface area contributed by atoms with Crippen LogP contribution in [-0.4, -0.2) is 13.0 Å². The lowest BCUT2D eigenvalue weighted by molar-refractivity contribution is 0.0996. The summed E-state index contributed by atoms with van der Waals surface area (Å²) in [4.78, 5) is 16.2. The van der Waals surface area contributed by atoms with Crippen LogP contribution in [0.15, 0.2) is 51.9 Å². The van der Waals surface area contributed by atoms with Crippen molar-refractivity contribution in [3.63, 3.8) is 0 Å². The van der Waals surface area contributed by atoms with Gasteiger partial charge in [-0.1, -0.05) is 29.8 Å². The molecule has 0 unspecified atom stereocenters. The highest BCUT2D eigenvalue weighted by Crippen LogP contribution is 2.26. The summed E-state index contributed by atoms with van der Waals surface area (Å²) in [6.07, 6.45) is 0. The van der Waals surface area contributed by atoms with Crippen LogP contribution in [0.2, 0.25) is 5.02 Å². The van der Waals surface area contributed by atoms with Crippen molar-refractivity contribution < 1.29 is 13.9 Å². The standard InChI is InChI=1S/C18H15ClN2O3/c1-10-6-7-12(19)9-14(10)21-18-13(17(20)22)8-11-4-3-5-15(23-2)16(11)24-18/h3-9H,1-2H3,(H2,20,22). The van der Waals surface area contributed by atoms with Crippen molar-refractivity contribution >= 4 is 34.2 Å². The van der Waals surface area contributed by atoms with E-state index in [2.05, 4.69) is 4.99 Å². The van der Waals surface area contributed by atoms with Gasteiger partial charge in [-0.25, -0.2) is 4.99 Å². The highest BCUT2D eigenvalue weighted by atomic mass is 35.5. The van der Waals surface area contributed by atoms with Crippen LogP contribution in [0, 0.1) is 6.92 Å². The molecule has 1 aromatic heterocycles. The minimum absolute atomic E-state index is 0.116. The fourth-order valence-electron chi connectivity index (χ4n) is 2.36. The van der Waals surface area contributed by atoms with Crippen molar-refractivity contribution in [1.82, 2.24) is 0 Å². The molecule has 0 radical (unpaired) electrons. The molecule has 5 nitrogen and oxygen atoms in total. The fourth-order valence-corrected chi connectivity index (χ4v) is 2.52. The molecule has 2 aromatic carbocycles. The number of ether oxygens (including phenoxy) is 1. The van der Waals surface area contributed by atoms with Crippen LogP contribution in [0.4, 0.5) is 5.69 Å². The highest BCUT2D eigenvalue weighted by molar-refractivity contribution is 6.30. The monoisotopic (exact) mass is 342 g/mol. The zero-order valence-electron chi connectivity index (χ0n) is 13.2. The number of methoxy groups -OCH3 is 1. The van der Waals surface area contributed by atoms with E-state index >= 15 is 0 Å². The fraction of sp³-hybridized carbons (Fsp3) is 0.111. The lowest BCUT2D eigenvalue weighted by Gasteiger charge is -2.06. The van der Waals surface area contributed by atoms with Crippen LogP contribution >= 0.6 is 11.6 Å². The summed E-state index contributed by atoms with van der Waals surface area (Å²) in [6, 6.07) is 12.3. The number of para-hydroxylation sites is 1. The number of carbonyl (C=O) groups is 1. The van der Waals surface area contributed by atoms with Gasteiger partial charge in [-0.2, -0.15) is 0 Å². The maximum Gasteiger partial charge on any atom is 0.254 e. The lowest BCUT2D eigenvalue weighted by atomic mass is 10.1. The minimum Gasteiger partial charge on any atom is -0.493 e. The van der Waals surface area contributed by atoms with Crippen LogP contribution in [0.1, 0.15) is 15.9 Å². The second-order valence-corrected chi connectivity index (χ2v) is 5.69. The van der Waals surface area contributed by atoms with Gasteiger partial charge in [0, 0.05) is 10.4 Å². The molecular formula is C18H15ClN2O3. The van der Waals surface area contributed by atoms with Gasteiger partial charge >= 0.3 is 0 Å². The molecule has 0 fully saturated rings. The Kier molecular flexibility index (Phi) is 4.27. The van der Waals surface area contributed by atoms with Crippen LogP contribution < -0.4 is 16.0 Å². The number of primary amides is 1. The predicted octanol–water partition coefficient (Wildman–Crippen LogP) is 3.73. The lowest BCUT2D eigenvalue weighted by Crippen LogP contribution is -2.21. The van der Waals surface area contributed by atoms with Gasteiger partial charge in [0.1, 0.15) is 5.56 Å². The van der Waals surface area contributed by atoms with E-state index in [0.717, 1.165) is 5.56 Å². The van der Waals surface area contributed by atoms with E-state index in [1.165, 1.54) is 0 Å². The van der Waals surface area contributed by atoms with E-state index in [1.807, 2.05) is 19.1 Å². The van der Waals surface area contributed by atoms with Crippen molar-refractivity contribution in [2.75, 3.05) is 7.11 Å². The molecule has 0 aliphatic carbocycles. The number of halogens is 1. The highest BCUT2D eigenvalue weighted by Gasteiger charge is 2.12. The number of carbonyl (C=O) groups excluding carboxylic acids is 1. The molecular weight excluding hydrogens is 328 g/mol. The van der Waals surface area contributed by atoms with E-state index in [4.69, 9.17) is 26.5 Å². The van der Waals surface area contributed by atoms with Crippen molar-refractivity contribution in [2.24, 2.45) is 10.7 Å². The quantitative estimate of drug-likeness (QED) is 0.787. The van der Waals surface area contributed by atoms with Gasteiger partial charge in [0.15, 0.2) is 11.3 Å². The Morgan fingerprint density at radius 3 is 2.75 bits per heavy atom. The molecule has 2 N–H and O–H groups in total. The molecule has 0 bridgehead atoms. The normalized spacial score (nSPS) is 11.7. The SMILES string of the molecule is COc1cccc2cc(C(N)=O)c(=Nc3cc(Cl)ccc3C)oc12. The summed E-state index contributed by atoms with van der Waals surface area (Å²) in [7, 11) is 1.55. The molecule has 122 valence electrons. The molecule has 0 atom stereocenters. The van der Waals surface area contributed by atoms with Gasteiger partial charge in [-0.05, 0) is 36.8 Å². The molecule has 0 saturated carbocycles. The van der Waals surface area contributed by atoms with Crippen molar-refractivity contribution in [3.05, 3.63) is 64.2 Å². The summed E-state index contributed by atoms with van der Waals surface area (Å²) in [5, 5.41) is 1.24. The Morgan fingerprint density at radius 1 is 1.25 bits per heavy atom. The zero-order valence-corrected chi connectivity index (χ0v) is 13.9. The van der Waals surface area contributed by atoms with Gasteiger partial charge in [0.25, 0.3) is 5.91 Å². The average molecular weight is 343 g/mol. The molecule has 0 spiro atoms. The Morgan fingerprint density at radius 2 is 2.04 bits per heavy atom. The van der Waals surface area contributed by atoms with E-state index in [1.54, 1.807) is 37.4 Å². The molecule has 24 heavy (non-hydrogen) atoms. The number of benzene rings is 2. The third-order valence-corrected chi connectivity index (χ3v) is 3.85. The van der Waals surface area contributed by atoms with Crippen LogP contribution in [0.25, 0.3) is 11.0 Å². The molecule has 1 heterocycles. The topological polar surface area (TPSA) is 77.8 Å². The van der Waals surface area contributed by atoms with E-state index < -0.39 is 5.91 Å². The van der Waals surface area contributed by atoms with Crippen LogP contribution in [0.3, 0.4) is 0 Å². The van der Waals surface area contributed by atoms with Crippen LogP contribution in [0.5, 0.6) is 5.75 Å². The molecule has 6 heteroatoms.